The molecule has 0 heterocycles. The first-order valence-electron chi connectivity index (χ1n) is 16.0. The van der Waals surface area contributed by atoms with E-state index in [0.29, 0.717) is 16.1 Å². The predicted molar refractivity (Wildman–Crippen MR) is 197 cm³/mol. The normalized spacial score (nSPS) is 11.4. The SMILES string of the molecule is CCOC(=O)C(C#N)=Cc1ccc(N(CC)CCCCCCCCN(CC)c2cc(Br)c(C=C(C#N)C(=O)OCC)c(Br)c2)cc1Cl. The van der Waals surface area contributed by atoms with Crippen molar-refractivity contribution in [2.24, 2.45) is 0 Å². The molecule has 0 aliphatic rings. The number of benzene rings is 2. The van der Waals surface area contributed by atoms with Gasteiger partial charge in [0.25, 0.3) is 0 Å². The highest BCUT2D eigenvalue weighted by atomic mass is 79.9. The summed E-state index contributed by atoms with van der Waals surface area (Å²) < 4.78 is 11.5. The fourth-order valence-corrected chi connectivity index (χ4v) is 6.58. The molecule has 47 heavy (non-hydrogen) atoms. The van der Waals surface area contributed by atoms with E-state index in [9.17, 15) is 20.1 Å². The molecule has 0 atom stereocenters. The van der Waals surface area contributed by atoms with Gasteiger partial charge in [-0.1, -0.05) is 75.2 Å². The molecule has 2 rings (SSSR count). The number of ether oxygens (including phenoxy) is 2. The average molecular weight is 791 g/mol. The van der Waals surface area contributed by atoms with Gasteiger partial charge in [-0.25, -0.2) is 9.59 Å². The smallest absolute Gasteiger partial charge is 0.348 e. The average Bonchev–Trinajstić information content (AvgIpc) is 3.05. The van der Waals surface area contributed by atoms with Gasteiger partial charge in [-0.05, 0) is 82.5 Å². The summed E-state index contributed by atoms with van der Waals surface area (Å²) in [5.41, 5.74) is 3.26. The molecule has 0 unspecified atom stereocenters. The first-order valence-corrected chi connectivity index (χ1v) is 18.0. The zero-order valence-corrected chi connectivity index (χ0v) is 31.5. The highest BCUT2D eigenvalue weighted by Crippen LogP contribution is 2.33. The topological polar surface area (TPSA) is 107 Å². The molecule has 0 amide bonds. The summed E-state index contributed by atoms with van der Waals surface area (Å²) >= 11 is 13.7. The van der Waals surface area contributed by atoms with Gasteiger partial charge in [0.2, 0.25) is 0 Å². The van der Waals surface area contributed by atoms with Crippen LogP contribution in [0.3, 0.4) is 0 Å². The lowest BCUT2D eigenvalue weighted by atomic mass is 10.1. The summed E-state index contributed by atoms with van der Waals surface area (Å²) in [5, 5.41) is 19.2. The second-order valence-electron chi connectivity index (χ2n) is 10.6. The number of unbranched alkanes of at least 4 members (excludes halogenated alkanes) is 5. The third kappa shape index (κ3) is 12.7. The summed E-state index contributed by atoms with van der Waals surface area (Å²) in [6.45, 7) is 11.6. The van der Waals surface area contributed by atoms with Crippen LogP contribution in [0.5, 0.6) is 0 Å². The molecule has 0 fully saturated rings. The van der Waals surface area contributed by atoms with E-state index in [2.05, 4.69) is 55.5 Å². The number of nitrogens with zero attached hydrogens (tertiary/aromatic N) is 4. The molecule has 2 aromatic rings. The number of anilines is 2. The number of halogens is 3. The molecule has 252 valence electrons. The number of carbonyl (C=O) groups is 2. The fraction of sp³-hybridized carbons (Fsp3) is 0.444. The van der Waals surface area contributed by atoms with Crippen LogP contribution in [-0.2, 0) is 19.1 Å². The van der Waals surface area contributed by atoms with Crippen LogP contribution in [0.2, 0.25) is 5.02 Å². The summed E-state index contributed by atoms with van der Waals surface area (Å²) in [7, 11) is 0. The number of esters is 2. The molecule has 8 nitrogen and oxygen atoms in total. The van der Waals surface area contributed by atoms with E-state index in [1.54, 1.807) is 13.8 Å². The van der Waals surface area contributed by atoms with Crippen LogP contribution in [0.15, 0.2) is 50.4 Å². The van der Waals surface area contributed by atoms with Crippen LogP contribution in [0, 0.1) is 22.7 Å². The van der Waals surface area contributed by atoms with Crippen molar-refractivity contribution in [1.29, 1.82) is 10.5 Å². The maximum absolute atomic E-state index is 12.1. The van der Waals surface area contributed by atoms with Crippen molar-refractivity contribution >= 4 is 78.9 Å². The van der Waals surface area contributed by atoms with Gasteiger partial charge in [0.15, 0.2) is 0 Å². The van der Waals surface area contributed by atoms with Gasteiger partial charge in [0.1, 0.15) is 23.3 Å². The fourth-order valence-electron chi connectivity index (χ4n) is 4.96. The van der Waals surface area contributed by atoms with Crippen LogP contribution < -0.4 is 9.80 Å². The van der Waals surface area contributed by atoms with Crippen molar-refractivity contribution in [2.45, 2.75) is 66.2 Å². The molecule has 0 aliphatic carbocycles. The van der Waals surface area contributed by atoms with Gasteiger partial charge < -0.3 is 19.3 Å². The summed E-state index contributed by atoms with van der Waals surface area (Å²) in [6, 6.07) is 13.5. The molecule has 0 saturated heterocycles. The molecular weight excluding hydrogens is 748 g/mol. The van der Waals surface area contributed by atoms with E-state index in [-0.39, 0.29) is 24.4 Å². The number of carbonyl (C=O) groups excluding carboxylic acids is 2. The molecule has 11 heteroatoms. The Balaban J connectivity index is 1.84. The third-order valence-electron chi connectivity index (χ3n) is 7.47. The van der Waals surface area contributed by atoms with Crippen molar-refractivity contribution in [3.8, 4) is 12.1 Å². The van der Waals surface area contributed by atoms with Crippen molar-refractivity contribution in [1.82, 2.24) is 0 Å². The number of hydrogen-bond donors (Lipinski definition) is 0. The van der Waals surface area contributed by atoms with Crippen LogP contribution in [0.4, 0.5) is 11.4 Å². The second-order valence-corrected chi connectivity index (χ2v) is 12.7. The quantitative estimate of drug-likeness (QED) is 0.0600. The van der Waals surface area contributed by atoms with Crippen molar-refractivity contribution in [2.75, 3.05) is 49.2 Å². The minimum Gasteiger partial charge on any atom is -0.462 e. The Kier molecular flexibility index (Phi) is 18.3. The molecule has 0 saturated carbocycles. The monoisotopic (exact) mass is 788 g/mol. The first kappa shape index (κ1) is 39.9. The zero-order valence-electron chi connectivity index (χ0n) is 27.6. The van der Waals surface area contributed by atoms with Gasteiger partial charge >= 0.3 is 11.9 Å². The minimum absolute atomic E-state index is 0.0493. The lowest BCUT2D eigenvalue weighted by Crippen LogP contribution is -2.24. The lowest BCUT2D eigenvalue weighted by Gasteiger charge is -2.24. The lowest BCUT2D eigenvalue weighted by molar-refractivity contribution is -0.138. The Morgan fingerprint density at radius 3 is 1.66 bits per heavy atom. The Bertz CT molecular complexity index is 1490. The first-order chi connectivity index (χ1) is 22.6. The van der Waals surface area contributed by atoms with Gasteiger partial charge in [-0.2, -0.15) is 10.5 Å². The summed E-state index contributed by atoms with van der Waals surface area (Å²) in [5.74, 6) is -1.29. The molecular formula is C36H43Br2ClN4O4. The molecule has 0 aliphatic heterocycles. The standard InChI is InChI=1S/C36H43Br2ClN4O4/c1-5-42(29-16-15-26(34(39)23-29)19-27(24-40)35(44)46-7-3)17-13-11-9-10-12-14-18-43(6-2)30-21-32(37)31(33(38)22-30)20-28(25-41)36(45)47-8-4/h15-16,19-23H,5-14,17-18H2,1-4H3. The Morgan fingerprint density at radius 2 is 1.21 bits per heavy atom. The largest absolute Gasteiger partial charge is 0.462 e. The Morgan fingerprint density at radius 1 is 0.745 bits per heavy atom. The van der Waals surface area contributed by atoms with Crippen molar-refractivity contribution in [3.63, 3.8) is 0 Å². The Hall–Kier alpha value is -3.31. The maximum Gasteiger partial charge on any atom is 0.348 e. The van der Waals surface area contributed by atoms with Crippen molar-refractivity contribution in [3.05, 3.63) is 66.6 Å². The van der Waals surface area contributed by atoms with E-state index in [1.807, 2.05) is 42.5 Å². The highest BCUT2D eigenvalue weighted by Gasteiger charge is 2.16. The van der Waals surface area contributed by atoms with E-state index in [4.69, 9.17) is 21.1 Å². The van der Waals surface area contributed by atoms with Crippen LogP contribution in [0.25, 0.3) is 12.2 Å². The maximum atomic E-state index is 12.1. The summed E-state index contributed by atoms with van der Waals surface area (Å²) in [4.78, 5) is 28.6. The number of hydrogen-bond acceptors (Lipinski definition) is 8. The van der Waals surface area contributed by atoms with Gasteiger partial charge in [0.05, 0.1) is 13.2 Å². The van der Waals surface area contributed by atoms with E-state index >= 15 is 0 Å². The van der Waals surface area contributed by atoms with E-state index in [0.717, 1.165) is 72.2 Å². The highest BCUT2D eigenvalue weighted by molar-refractivity contribution is 9.11. The van der Waals surface area contributed by atoms with E-state index in [1.165, 1.54) is 25.0 Å². The molecule has 0 aromatic heterocycles. The molecule has 0 spiro atoms. The Labute approximate surface area is 301 Å². The molecule has 2 aromatic carbocycles. The minimum atomic E-state index is -0.654. The molecule has 0 bridgehead atoms. The molecule has 0 radical (unpaired) electrons. The van der Waals surface area contributed by atoms with E-state index < -0.39 is 11.9 Å². The van der Waals surface area contributed by atoms with Gasteiger partial charge in [-0.15, -0.1) is 0 Å². The van der Waals surface area contributed by atoms with Crippen LogP contribution >= 0.6 is 43.5 Å². The summed E-state index contributed by atoms with van der Waals surface area (Å²) in [6.07, 6.45) is 9.77. The van der Waals surface area contributed by atoms with Gasteiger partial charge in [-0.3, -0.25) is 0 Å². The second kappa shape index (κ2) is 21.5. The van der Waals surface area contributed by atoms with Crippen LogP contribution in [0.1, 0.15) is 77.3 Å². The number of nitriles is 2. The third-order valence-corrected chi connectivity index (χ3v) is 9.11. The zero-order chi connectivity index (χ0) is 34.8. The molecule has 0 N–H and O–H groups in total. The van der Waals surface area contributed by atoms with Crippen molar-refractivity contribution < 1.29 is 19.1 Å². The number of rotatable bonds is 19. The van der Waals surface area contributed by atoms with Gasteiger partial charge in [0, 0.05) is 57.1 Å². The predicted octanol–water partition coefficient (Wildman–Crippen LogP) is 9.50. The van der Waals surface area contributed by atoms with Crippen LogP contribution in [-0.4, -0.2) is 51.3 Å².